The fourth-order valence-electron chi connectivity index (χ4n) is 8.77. The standard InChI is InChI=1S/C30H41N3O2/c1-29-14-12-22(32-35-28(34)27-7-5-17-33(27)3)18-21(29)8-9-23-25-11-10-24(20-6-4-16-31-19-20)30(25,2)15-13-26(23)29/h4,6,10,16,18-19,22-23,25-27,32H,5,7-9,11-15,17H2,1-3H3/t22?,23-,25+,26+,27+,29+,30-/m1/s1. The van der Waals surface area contributed by atoms with E-state index in [4.69, 9.17) is 4.84 Å². The number of rotatable bonds is 4. The number of hydroxylamine groups is 1. The topological polar surface area (TPSA) is 54.5 Å². The summed E-state index contributed by atoms with van der Waals surface area (Å²) in [5.41, 5.74) is 8.19. The number of nitrogens with one attached hydrogen (secondary N) is 1. The van der Waals surface area contributed by atoms with Crippen LogP contribution in [-0.4, -0.2) is 41.5 Å². The van der Waals surface area contributed by atoms with Crippen molar-refractivity contribution in [2.75, 3.05) is 13.6 Å². The molecule has 7 atom stereocenters. The Morgan fingerprint density at radius 2 is 2.00 bits per heavy atom. The molecule has 0 amide bonds. The number of nitrogens with zero attached hydrogens (tertiary/aromatic N) is 2. The van der Waals surface area contributed by atoms with Gasteiger partial charge in [-0.05, 0) is 117 Å². The summed E-state index contributed by atoms with van der Waals surface area (Å²) in [5.74, 6) is 2.18. The van der Waals surface area contributed by atoms with E-state index in [1.165, 1.54) is 44.1 Å². The highest BCUT2D eigenvalue weighted by molar-refractivity contribution is 5.76. The third kappa shape index (κ3) is 3.81. The van der Waals surface area contributed by atoms with Gasteiger partial charge in [-0.15, -0.1) is 5.48 Å². The number of carbonyl (C=O) groups excluding carboxylic acids is 1. The fraction of sp³-hybridized carbons (Fsp3) is 0.667. The van der Waals surface area contributed by atoms with E-state index in [0.717, 1.165) is 43.6 Å². The Labute approximate surface area is 210 Å². The Hall–Kier alpha value is -1.98. The van der Waals surface area contributed by atoms with Crippen LogP contribution in [0.1, 0.15) is 77.2 Å². The number of pyridine rings is 1. The first-order valence-electron chi connectivity index (χ1n) is 13.9. The molecule has 1 saturated heterocycles. The molecule has 0 radical (unpaired) electrons. The van der Waals surface area contributed by atoms with Crippen LogP contribution in [0.25, 0.3) is 5.57 Å². The van der Waals surface area contributed by atoms with Crippen LogP contribution >= 0.6 is 0 Å². The van der Waals surface area contributed by atoms with E-state index in [-0.39, 0.29) is 28.9 Å². The Morgan fingerprint density at radius 1 is 1.14 bits per heavy atom. The van der Waals surface area contributed by atoms with Gasteiger partial charge in [0, 0.05) is 12.4 Å². The molecule has 1 aromatic heterocycles. The fourth-order valence-corrected chi connectivity index (χ4v) is 8.77. The summed E-state index contributed by atoms with van der Waals surface area (Å²) in [4.78, 5) is 24.7. The van der Waals surface area contributed by atoms with Crippen molar-refractivity contribution >= 4 is 11.5 Å². The largest absolute Gasteiger partial charge is 0.369 e. The quantitative estimate of drug-likeness (QED) is 0.457. The maximum Gasteiger partial charge on any atom is 0.342 e. The van der Waals surface area contributed by atoms with Gasteiger partial charge in [-0.1, -0.05) is 37.6 Å². The molecule has 2 saturated carbocycles. The maximum atomic E-state index is 12.5. The minimum atomic E-state index is -0.120. The number of carbonyl (C=O) groups is 1. The van der Waals surface area contributed by atoms with Gasteiger partial charge in [-0.3, -0.25) is 9.88 Å². The van der Waals surface area contributed by atoms with E-state index in [2.05, 4.69) is 59.7 Å². The minimum Gasteiger partial charge on any atom is -0.369 e. The first-order chi connectivity index (χ1) is 16.9. The molecule has 5 aliphatic rings. The van der Waals surface area contributed by atoms with E-state index < -0.39 is 0 Å². The molecule has 0 bridgehead atoms. The van der Waals surface area contributed by atoms with Crippen LogP contribution < -0.4 is 5.48 Å². The van der Waals surface area contributed by atoms with Gasteiger partial charge in [-0.2, -0.15) is 0 Å². The molecule has 0 spiro atoms. The van der Waals surface area contributed by atoms with Crippen molar-refractivity contribution in [3.05, 3.63) is 47.8 Å². The van der Waals surface area contributed by atoms with Crippen LogP contribution in [0.3, 0.4) is 0 Å². The Bertz CT molecular complexity index is 1040. The third-order valence-corrected chi connectivity index (χ3v) is 10.8. The molecular formula is C30H41N3O2. The summed E-state index contributed by atoms with van der Waals surface area (Å²) < 4.78 is 0. The Morgan fingerprint density at radius 3 is 2.77 bits per heavy atom. The van der Waals surface area contributed by atoms with Gasteiger partial charge in [0.2, 0.25) is 0 Å². The van der Waals surface area contributed by atoms with Crippen LogP contribution in [0.2, 0.25) is 0 Å². The van der Waals surface area contributed by atoms with Gasteiger partial charge in [0.25, 0.3) is 0 Å². The molecule has 5 heteroatoms. The van der Waals surface area contributed by atoms with Crippen molar-refractivity contribution < 1.29 is 9.63 Å². The molecule has 0 aromatic carbocycles. The summed E-state index contributed by atoms with van der Waals surface area (Å²) in [6, 6.07) is 4.37. The van der Waals surface area contributed by atoms with Crippen LogP contribution in [0.4, 0.5) is 0 Å². The van der Waals surface area contributed by atoms with Crippen LogP contribution in [-0.2, 0) is 9.63 Å². The SMILES string of the molecule is CN1CCC[C@H]1C(=O)ONC1C=C2CC[C@H]3[C@H](CC[C@]4(C)C(c5cccnc5)=CC[C@@H]34)[C@@]2(C)CC1. The van der Waals surface area contributed by atoms with E-state index in [9.17, 15) is 4.79 Å². The second-order valence-electron chi connectivity index (χ2n) is 12.4. The summed E-state index contributed by atoms with van der Waals surface area (Å²) in [5, 5.41) is 0. The molecule has 1 aromatic rings. The minimum absolute atomic E-state index is 0.0902. The Balaban J connectivity index is 1.15. The van der Waals surface area contributed by atoms with E-state index in [1.54, 1.807) is 11.1 Å². The molecule has 4 aliphatic carbocycles. The zero-order chi connectivity index (χ0) is 24.2. The molecule has 35 heavy (non-hydrogen) atoms. The molecule has 2 heterocycles. The van der Waals surface area contributed by atoms with Crippen molar-refractivity contribution in [1.29, 1.82) is 0 Å². The zero-order valence-corrected chi connectivity index (χ0v) is 21.6. The molecule has 188 valence electrons. The number of likely N-dealkylation sites (tertiary alicyclic amines) is 1. The van der Waals surface area contributed by atoms with E-state index >= 15 is 0 Å². The normalized spacial score (nSPS) is 40.8. The van der Waals surface area contributed by atoms with Gasteiger partial charge >= 0.3 is 5.97 Å². The number of hydrogen-bond acceptors (Lipinski definition) is 5. The second-order valence-corrected chi connectivity index (χ2v) is 12.4. The highest BCUT2D eigenvalue weighted by Crippen LogP contribution is 2.66. The maximum absolute atomic E-state index is 12.5. The lowest BCUT2D eigenvalue weighted by molar-refractivity contribution is -0.157. The zero-order valence-electron chi connectivity index (χ0n) is 21.6. The van der Waals surface area contributed by atoms with Crippen molar-refractivity contribution in [1.82, 2.24) is 15.4 Å². The molecule has 1 aliphatic heterocycles. The van der Waals surface area contributed by atoms with Gasteiger partial charge < -0.3 is 4.84 Å². The van der Waals surface area contributed by atoms with Crippen molar-refractivity contribution in [2.24, 2.45) is 28.6 Å². The lowest BCUT2D eigenvalue weighted by Crippen LogP contribution is -2.51. The average molecular weight is 476 g/mol. The highest BCUT2D eigenvalue weighted by atomic mass is 16.7. The van der Waals surface area contributed by atoms with Crippen molar-refractivity contribution in [3.8, 4) is 0 Å². The molecule has 3 fully saturated rings. The molecule has 6 rings (SSSR count). The summed E-state index contributed by atoms with van der Waals surface area (Å²) in [6.07, 6.45) is 19.4. The first kappa shape index (κ1) is 23.4. The summed E-state index contributed by atoms with van der Waals surface area (Å²) in [7, 11) is 2.01. The molecule has 1 unspecified atom stereocenters. The number of aromatic nitrogens is 1. The predicted octanol–water partition coefficient (Wildman–Crippen LogP) is 5.55. The predicted molar refractivity (Wildman–Crippen MR) is 138 cm³/mol. The number of hydrogen-bond donors (Lipinski definition) is 1. The first-order valence-corrected chi connectivity index (χ1v) is 13.9. The summed E-state index contributed by atoms with van der Waals surface area (Å²) >= 11 is 0. The van der Waals surface area contributed by atoms with E-state index in [1.807, 2.05) is 13.2 Å². The van der Waals surface area contributed by atoms with Crippen LogP contribution in [0.15, 0.2) is 42.3 Å². The molecule has 1 N–H and O–H groups in total. The van der Waals surface area contributed by atoms with Crippen molar-refractivity contribution in [3.63, 3.8) is 0 Å². The smallest absolute Gasteiger partial charge is 0.342 e. The second kappa shape index (κ2) is 8.85. The number of allylic oxidation sites excluding steroid dienone is 3. The third-order valence-electron chi connectivity index (χ3n) is 10.8. The lowest BCUT2D eigenvalue weighted by Gasteiger charge is -2.58. The number of likely N-dealkylation sites (N-methyl/N-ethyl adjacent to an activating group) is 1. The summed E-state index contributed by atoms with van der Waals surface area (Å²) in [6.45, 7) is 6.05. The van der Waals surface area contributed by atoms with Gasteiger partial charge in [0.05, 0.1) is 6.04 Å². The highest BCUT2D eigenvalue weighted by Gasteiger charge is 2.57. The van der Waals surface area contributed by atoms with Gasteiger partial charge in [-0.25, -0.2) is 4.79 Å². The molecule has 5 nitrogen and oxygen atoms in total. The van der Waals surface area contributed by atoms with Gasteiger partial charge in [0.15, 0.2) is 0 Å². The van der Waals surface area contributed by atoms with Crippen LogP contribution in [0.5, 0.6) is 0 Å². The Kier molecular flexibility index (Phi) is 5.92. The molecular weight excluding hydrogens is 434 g/mol. The number of fused-ring (bicyclic) bond motifs is 5. The van der Waals surface area contributed by atoms with Crippen molar-refractivity contribution in [2.45, 2.75) is 83.7 Å². The van der Waals surface area contributed by atoms with Crippen LogP contribution in [0, 0.1) is 28.6 Å². The average Bonchev–Trinajstić information content (AvgIpc) is 3.45. The van der Waals surface area contributed by atoms with E-state index in [0.29, 0.717) is 0 Å². The monoisotopic (exact) mass is 475 g/mol. The van der Waals surface area contributed by atoms with Gasteiger partial charge in [0.1, 0.15) is 6.04 Å². The lowest BCUT2D eigenvalue weighted by atomic mass is 9.46.